The molecule has 0 bridgehead atoms. The predicted molar refractivity (Wildman–Crippen MR) is 68.1 cm³/mol. The van der Waals surface area contributed by atoms with E-state index in [0.717, 1.165) is 5.56 Å². The van der Waals surface area contributed by atoms with E-state index in [1.807, 2.05) is 0 Å². The summed E-state index contributed by atoms with van der Waals surface area (Å²) in [5, 5.41) is 0. The molecule has 0 unspecified atom stereocenters. The molecule has 0 saturated carbocycles. The van der Waals surface area contributed by atoms with Gasteiger partial charge in [0.05, 0.1) is 18.8 Å². The smallest absolute Gasteiger partial charge is 0.338 e. The van der Waals surface area contributed by atoms with Crippen LogP contribution in [0.4, 0.5) is 0 Å². The molecular formula is C14H16O4. The molecule has 1 rings (SSSR count). The van der Waals surface area contributed by atoms with Crippen LogP contribution in [0.5, 0.6) is 0 Å². The topological polar surface area (TPSA) is 52.6 Å². The second-order valence-electron chi connectivity index (χ2n) is 3.43. The molecule has 0 radical (unpaired) electrons. The highest BCUT2D eigenvalue weighted by Gasteiger charge is 2.05. The summed E-state index contributed by atoms with van der Waals surface area (Å²) >= 11 is 0. The van der Waals surface area contributed by atoms with Crippen molar-refractivity contribution in [2.75, 3.05) is 13.2 Å². The number of esters is 2. The Morgan fingerprint density at radius 2 is 1.89 bits per heavy atom. The lowest BCUT2D eigenvalue weighted by molar-refractivity contribution is -0.137. The molecule has 0 atom stereocenters. The minimum atomic E-state index is -0.404. The highest BCUT2D eigenvalue weighted by molar-refractivity contribution is 5.91. The number of hydrogen-bond donors (Lipinski definition) is 0. The Bertz CT molecular complexity index is 449. The van der Waals surface area contributed by atoms with Gasteiger partial charge in [-0.1, -0.05) is 12.1 Å². The average molecular weight is 248 g/mol. The molecule has 0 amide bonds. The summed E-state index contributed by atoms with van der Waals surface area (Å²) in [6.45, 7) is 4.17. The molecule has 0 aliphatic heterocycles. The molecule has 0 N–H and O–H groups in total. The zero-order valence-corrected chi connectivity index (χ0v) is 10.5. The maximum absolute atomic E-state index is 11.5. The molecule has 0 fully saturated rings. The first-order valence-corrected chi connectivity index (χ1v) is 5.79. The Kier molecular flexibility index (Phi) is 5.64. The molecule has 1 aromatic rings. The van der Waals surface area contributed by atoms with Crippen molar-refractivity contribution in [3.63, 3.8) is 0 Å². The largest absolute Gasteiger partial charge is 0.463 e. The van der Waals surface area contributed by atoms with E-state index in [0.29, 0.717) is 18.8 Å². The summed E-state index contributed by atoms with van der Waals surface area (Å²) < 4.78 is 9.65. The average Bonchev–Trinajstić information content (AvgIpc) is 2.37. The van der Waals surface area contributed by atoms with Gasteiger partial charge in [0.15, 0.2) is 0 Å². The highest BCUT2D eigenvalue weighted by atomic mass is 16.5. The number of carbonyl (C=O) groups excluding carboxylic acids is 2. The van der Waals surface area contributed by atoms with E-state index in [-0.39, 0.29) is 5.97 Å². The third-order valence-electron chi connectivity index (χ3n) is 2.10. The molecule has 18 heavy (non-hydrogen) atoms. The second-order valence-corrected chi connectivity index (χ2v) is 3.43. The van der Waals surface area contributed by atoms with Crippen LogP contribution in [0.2, 0.25) is 0 Å². The van der Waals surface area contributed by atoms with Gasteiger partial charge >= 0.3 is 11.9 Å². The third-order valence-corrected chi connectivity index (χ3v) is 2.10. The van der Waals surface area contributed by atoms with Crippen molar-refractivity contribution >= 4 is 18.0 Å². The van der Waals surface area contributed by atoms with Crippen LogP contribution in [0.3, 0.4) is 0 Å². The van der Waals surface area contributed by atoms with Gasteiger partial charge in [-0.2, -0.15) is 0 Å². The Morgan fingerprint density at radius 1 is 1.17 bits per heavy atom. The van der Waals surface area contributed by atoms with Crippen LogP contribution >= 0.6 is 0 Å². The van der Waals surface area contributed by atoms with Gasteiger partial charge in [-0.3, -0.25) is 0 Å². The molecule has 0 spiro atoms. The number of carbonyl (C=O) groups is 2. The van der Waals surface area contributed by atoms with E-state index < -0.39 is 5.97 Å². The van der Waals surface area contributed by atoms with Crippen molar-refractivity contribution in [3.05, 3.63) is 41.5 Å². The molecule has 0 saturated heterocycles. The van der Waals surface area contributed by atoms with Crippen molar-refractivity contribution < 1.29 is 19.1 Å². The Labute approximate surface area is 106 Å². The van der Waals surface area contributed by atoms with Crippen LogP contribution in [-0.4, -0.2) is 25.2 Å². The van der Waals surface area contributed by atoms with Gasteiger partial charge in [0, 0.05) is 6.08 Å². The summed E-state index contributed by atoms with van der Waals surface area (Å²) in [4.78, 5) is 22.6. The van der Waals surface area contributed by atoms with Crippen LogP contribution in [0.1, 0.15) is 29.8 Å². The van der Waals surface area contributed by atoms with Gasteiger partial charge in [0.25, 0.3) is 0 Å². The SMILES string of the molecule is CCOC(=O)C=Cc1cccc(C(=O)OCC)c1. The van der Waals surface area contributed by atoms with Crippen LogP contribution in [-0.2, 0) is 14.3 Å². The molecule has 0 heterocycles. The lowest BCUT2D eigenvalue weighted by Crippen LogP contribution is -2.04. The van der Waals surface area contributed by atoms with E-state index in [1.165, 1.54) is 6.08 Å². The normalized spacial score (nSPS) is 10.3. The highest BCUT2D eigenvalue weighted by Crippen LogP contribution is 2.08. The van der Waals surface area contributed by atoms with Crippen molar-refractivity contribution in [1.29, 1.82) is 0 Å². The van der Waals surface area contributed by atoms with Gasteiger partial charge in [0.1, 0.15) is 0 Å². The summed E-state index contributed by atoms with van der Waals surface area (Å²) in [6, 6.07) is 6.85. The molecule has 96 valence electrons. The first-order chi connectivity index (χ1) is 8.67. The molecule has 0 aromatic heterocycles. The molecule has 1 aromatic carbocycles. The van der Waals surface area contributed by atoms with E-state index in [1.54, 1.807) is 44.2 Å². The van der Waals surface area contributed by atoms with Gasteiger partial charge in [-0.25, -0.2) is 9.59 Å². The zero-order chi connectivity index (χ0) is 13.4. The second kappa shape index (κ2) is 7.27. The molecule has 0 aliphatic carbocycles. The summed E-state index contributed by atoms with van der Waals surface area (Å²) in [6.07, 6.45) is 2.93. The van der Waals surface area contributed by atoms with E-state index >= 15 is 0 Å². The quantitative estimate of drug-likeness (QED) is 0.593. The fourth-order valence-electron chi connectivity index (χ4n) is 1.34. The molecule has 4 nitrogen and oxygen atoms in total. The number of rotatable bonds is 5. The lowest BCUT2D eigenvalue weighted by Gasteiger charge is -2.02. The summed E-state index contributed by atoms with van der Waals surface area (Å²) in [7, 11) is 0. The van der Waals surface area contributed by atoms with Crippen LogP contribution in [0, 0.1) is 0 Å². The number of benzene rings is 1. The Morgan fingerprint density at radius 3 is 2.56 bits per heavy atom. The van der Waals surface area contributed by atoms with E-state index in [4.69, 9.17) is 9.47 Å². The van der Waals surface area contributed by atoms with Gasteiger partial charge in [0.2, 0.25) is 0 Å². The lowest BCUT2D eigenvalue weighted by atomic mass is 10.1. The fraction of sp³-hybridized carbons (Fsp3) is 0.286. The van der Waals surface area contributed by atoms with Crippen molar-refractivity contribution in [2.24, 2.45) is 0 Å². The molecule has 4 heteroatoms. The van der Waals surface area contributed by atoms with Crippen molar-refractivity contribution in [2.45, 2.75) is 13.8 Å². The minimum Gasteiger partial charge on any atom is -0.463 e. The first-order valence-electron chi connectivity index (χ1n) is 5.79. The van der Waals surface area contributed by atoms with Crippen LogP contribution < -0.4 is 0 Å². The van der Waals surface area contributed by atoms with Gasteiger partial charge in [-0.15, -0.1) is 0 Å². The summed E-state index contributed by atoms with van der Waals surface area (Å²) in [5.74, 6) is -0.775. The minimum absolute atomic E-state index is 0.335. The van der Waals surface area contributed by atoms with E-state index in [2.05, 4.69) is 0 Å². The van der Waals surface area contributed by atoms with Gasteiger partial charge < -0.3 is 9.47 Å². The standard InChI is InChI=1S/C14H16O4/c1-3-17-13(15)9-8-11-6-5-7-12(10-11)14(16)18-4-2/h5-10H,3-4H2,1-2H3. The first kappa shape index (κ1) is 14.0. The maximum Gasteiger partial charge on any atom is 0.338 e. The third kappa shape index (κ3) is 4.41. The summed E-state index contributed by atoms with van der Waals surface area (Å²) in [5.41, 5.74) is 1.21. The zero-order valence-electron chi connectivity index (χ0n) is 10.5. The van der Waals surface area contributed by atoms with E-state index in [9.17, 15) is 9.59 Å². The molecular weight excluding hydrogens is 232 g/mol. The Balaban J connectivity index is 2.76. The number of hydrogen-bond acceptors (Lipinski definition) is 4. The van der Waals surface area contributed by atoms with Crippen molar-refractivity contribution in [3.8, 4) is 0 Å². The van der Waals surface area contributed by atoms with Crippen molar-refractivity contribution in [1.82, 2.24) is 0 Å². The van der Waals surface area contributed by atoms with Gasteiger partial charge in [-0.05, 0) is 37.6 Å². The fourth-order valence-corrected chi connectivity index (χ4v) is 1.34. The Hall–Kier alpha value is -2.10. The number of ether oxygens (including phenoxy) is 2. The monoisotopic (exact) mass is 248 g/mol. The predicted octanol–water partition coefficient (Wildman–Crippen LogP) is 2.44. The van der Waals surface area contributed by atoms with Crippen LogP contribution in [0.25, 0.3) is 6.08 Å². The molecule has 0 aliphatic rings. The maximum atomic E-state index is 11.5. The van der Waals surface area contributed by atoms with Crippen LogP contribution in [0.15, 0.2) is 30.3 Å².